The highest BCUT2D eigenvalue weighted by atomic mass is 35.5. The van der Waals surface area contributed by atoms with Gasteiger partial charge in [-0.05, 0) is 69.9 Å². The molecule has 0 spiro atoms. The molecule has 0 amide bonds. The lowest BCUT2D eigenvalue weighted by atomic mass is 9.89. The molecule has 6 nitrogen and oxygen atoms in total. The third kappa shape index (κ3) is 4.07. The highest BCUT2D eigenvalue weighted by molar-refractivity contribution is 6.30. The molecular formula is C26H25ClFN5O. The second-order valence-corrected chi connectivity index (χ2v) is 9.90. The van der Waals surface area contributed by atoms with Crippen LogP contribution in [0.2, 0.25) is 5.02 Å². The molecule has 174 valence electrons. The van der Waals surface area contributed by atoms with Crippen molar-refractivity contribution in [3.63, 3.8) is 0 Å². The summed E-state index contributed by atoms with van der Waals surface area (Å²) in [4.78, 5) is 14.4. The summed E-state index contributed by atoms with van der Waals surface area (Å²) >= 11 is 6.01. The molecule has 1 saturated heterocycles. The van der Waals surface area contributed by atoms with Crippen LogP contribution >= 0.6 is 11.6 Å². The third-order valence-electron chi connectivity index (χ3n) is 6.69. The van der Waals surface area contributed by atoms with Gasteiger partial charge in [0.1, 0.15) is 11.6 Å². The number of benzene rings is 1. The molecule has 0 radical (unpaired) electrons. The van der Waals surface area contributed by atoms with E-state index in [4.69, 9.17) is 26.3 Å². The second-order valence-electron chi connectivity index (χ2n) is 9.47. The van der Waals surface area contributed by atoms with Crippen molar-refractivity contribution >= 4 is 22.6 Å². The Kier molecular flexibility index (Phi) is 5.34. The van der Waals surface area contributed by atoms with Gasteiger partial charge in [0.15, 0.2) is 5.65 Å². The zero-order valence-electron chi connectivity index (χ0n) is 19.1. The van der Waals surface area contributed by atoms with Crippen LogP contribution in [0.3, 0.4) is 0 Å². The van der Waals surface area contributed by atoms with Gasteiger partial charge in [0.2, 0.25) is 0 Å². The summed E-state index contributed by atoms with van der Waals surface area (Å²) in [5, 5.41) is 5.61. The van der Waals surface area contributed by atoms with Gasteiger partial charge < -0.3 is 4.74 Å². The minimum atomic E-state index is -0.412. The van der Waals surface area contributed by atoms with Crippen molar-refractivity contribution in [1.29, 1.82) is 0 Å². The van der Waals surface area contributed by atoms with Crippen molar-refractivity contribution in [1.82, 2.24) is 24.7 Å². The van der Waals surface area contributed by atoms with Crippen molar-refractivity contribution in [3.05, 3.63) is 70.6 Å². The molecule has 8 heteroatoms. The summed E-state index contributed by atoms with van der Waals surface area (Å²) in [6, 6.07) is 9.00. The van der Waals surface area contributed by atoms with Gasteiger partial charge in [0.25, 0.3) is 0 Å². The summed E-state index contributed by atoms with van der Waals surface area (Å²) in [5.41, 5.74) is 3.45. The first kappa shape index (κ1) is 21.6. The van der Waals surface area contributed by atoms with E-state index in [-0.39, 0.29) is 18.1 Å². The Morgan fingerprint density at radius 1 is 1.09 bits per heavy atom. The maximum Gasteiger partial charge on any atom is 0.163 e. The second kappa shape index (κ2) is 8.40. The molecule has 2 aliphatic rings. The van der Waals surface area contributed by atoms with Crippen molar-refractivity contribution < 1.29 is 9.13 Å². The van der Waals surface area contributed by atoms with E-state index >= 15 is 0 Å². The van der Waals surface area contributed by atoms with E-state index in [0.717, 1.165) is 29.5 Å². The van der Waals surface area contributed by atoms with Gasteiger partial charge in [-0.1, -0.05) is 11.6 Å². The smallest absolute Gasteiger partial charge is 0.163 e. The predicted molar refractivity (Wildman–Crippen MR) is 128 cm³/mol. The number of hydrogen-bond donors (Lipinski definition) is 0. The lowest BCUT2D eigenvalue weighted by Gasteiger charge is -2.33. The first-order valence-corrected chi connectivity index (χ1v) is 12.1. The van der Waals surface area contributed by atoms with Gasteiger partial charge in [-0.2, -0.15) is 5.10 Å². The SMILES string of the molecule is Cc1ccc2c(-c3ccc(Cl)cc3F)nc([C@H]3C[C@@H](C)O[C@@H](c4cnn(C5CC5)c4)C3)nc2n1. The standard InChI is InChI=1S/C26H25ClFN5O/c1-14-3-7-21-24(20-8-4-18(27)11-22(20)28)31-25(32-26(21)30-14)16-9-15(2)34-23(10-16)17-12-29-33(13-17)19-5-6-19/h3-4,7-8,11-13,15-16,19,23H,5-6,9-10H2,1-2H3/t15-,16+,23-/m1/s1. The fraction of sp³-hybridized carbons (Fsp3) is 0.385. The van der Waals surface area contributed by atoms with E-state index < -0.39 is 5.82 Å². The molecule has 1 aliphatic carbocycles. The van der Waals surface area contributed by atoms with Crippen LogP contribution in [0.5, 0.6) is 0 Å². The number of aryl methyl sites for hydroxylation is 1. The van der Waals surface area contributed by atoms with Crippen LogP contribution in [0.25, 0.3) is 22.3 Å². The van der Waals surface area contributed by atoms with Crippen LogP contribution in [0, 0.1) is 12.7 Å². The molecule has 0 unspecified atom stereocenters. The number of nitrogens with zero attached hydrogens (tertiary/aromatic N) is 5. The van der Waals surface area contributed by atoms with E-state index in [1.165, 1.54) is 18.9 Å². The minimum absolute atomic E-state index is 0.0357. The maximum atomic E-state index is 14.9. The maximum absolute atomic E-state index is 14.9. The van der Waals surface area contributed by atoms with Crippen molar-refractivity contribution in [2.24, 2.45) is 0 Å². The predicted octanol–water partition coefficient (Wildman–Crippen LogP) is 6.35. The largest absolute Gasteiger partial charge is 0.370 e. The van der Waals surface area contributed by atoms with Crippen molar-refractivity contribution in [3.8, 4) is 11.3 Å². The summed E-state index contributed by atoms with van der Waals surface area (Å²) in [6.07, 6.45) is 7.88. The molecule has 1 aromatic carbocycles. The van der Waals surface area contributed by atoms with Gasteiger partial charge >= 0.3 is 0 Å². The molecule has 1 saturated carbocycles. The number of pyridine rings is 1. The number of halogens is 2. The lowest BCUT2D eigenvalue weighted by molar-refractivity contribution is -0.0511. The Morgan fingerprint density at radius 2 is 1.94 bits per heavy atom. The molecular weight excluding hydrogens is 453 g/mol. The fourth-order valence-electron chi connectivity index (χ4n) is 4.82. The number of ether oxygens (including phenoxy) is 1. The van der Waals surface area contributed by atoms with E-state index in [1.807, 2.05) is 29.9 Å². The minimum Gasteiger partial charge on any atom is -0.370 e. The Morgan fingerprint density at radius 3 is 2.74 bits per heavy atom. The molecule has 0 N–H and O–H groups in total. The quantitative estimate of drug-likeness (QED) is 0.342. The van der Waals surface area contributed by atoms with Crippen LogP contribution in [0.15, 0.2) is 42.7 Å². The van der Waals surface area contributed by atoms with Crippen molar-refractivity contribution in [2.75, 3.05) is 0 Å². The molecule has 4 aromatic rings. The summed E-state index contributed by atoms with van der Waals surface area (Å²) in [6.45, 7) is 4.00. The average molecular weight is 478 g/mol. The Bertz CT molecular complexity index is 1390. The molecule has 4 heterocycles. The van der Waals surface area contributed by atoms with Gasteiger partial charge in [-0.25, -0.2) is 19.3 Å². The Balaban J connectivity index is 1.41. The summed E-state index contributed by atoms with van der Waals surface area (Å²) < 4.78 is 23.3. The van der Waals surface area contributed by atoms with Crippen LogP contribution in [-0.4, -0.2) is 30.8 Å². The first-order valence-electron chi connectivity index (χ1n) is 11.7. The van der Waals surface area contributed by atoms with Gasteiger partial charge in [0, 0.05) is 39.3 Å². The lowest BCUT2D eigenvalue weighted by Crippen LogP contribution is -2.26. The number of rotatable bonds is 4. The van der Waals surface area contributed by atoms with E-state index in [0.29, 0.717) is 33.8 Å². The number of fused-ring (bicyclic) bond motifs is 1. The van der Waals surface area contributed by atoms with Gasteiger partial charge in [-0.15, -0.1) is 0 Å². The Hall–Kier alpha value is -2.90. The monoisotopic (exact) mass is 477 g/mol. The highest BCUT2D eigenvalue weighted by Crippen LogP contribution is 2.41. The topological polar surface area (TPSA) is 65.7 Å². The van der Waals surface area contributed by atoms with Gasteiger partial charge in [0.05, 0.1) is 30.1 Å². The first-order chi connectivity index (χ1) is 16.4. The molecule has 0 bridgehead atoms. The highest BCUT2D eigenvalue weighted by Gasteiger charge is 2.33. The van der Waals surface area contributed by atoms with Crippen molar-refractivity contribution in [2.45, 2.75) is 63.7 Å². The number of hydrogen-bond acceptors (Lipinski definition) is 5. The van der Waals surface area contributed by atoms with E-state index in [2.05, 4.69) is 23.2 Å². The average Bonchev–Trinajstić information content (AvgIpc) is 3.54. The molecule has 2 fully saturated rings. The zero-order chi connectivity index (χ0) is 23.4. The zero-order valence-corrected chi connectivity index (χ0v) is 19.8. The third-order valence-corrected chi connectivity index (χ3v) is 6.93. The van der Waals surface area contributed by atoms with Crippen LogP contribution in [-0.2, 0) is 4.74 Å². The van der Waals surface area contributed by atoms with Crippen LogP contribution in [0.4, 0.5) is 4.39 Å². The normalized spacial score (nSPS) is 22.9. The molecule has 6 rings (SSSR count). The summed E-state index contributed by atoms with van der Waals surface area (Å²) in [5.74, 6) is 0.313. The van der Waals surface area contributed by atoms with Crippen LogP contribution in [0.1, 0.15) is 67.8 Å². The molecule has 3 atom stereocenters. The van der Waals surface area contributed by atoms with Gasteiger partial charge in [-0.3, -0.25) is 4.68 Å². The van der Waals surface area contributed by atoms with E-state index in [9.17, 15) is 4.39 Å². The fourth-order valence-corrected chi connectivity index (χ4v) is 4.98. The summed E-state index contributed by atoms with van der Waals surface area (Å²) in [7, 11) is 0. The molecule has 3 aromatic heterocycles. The molecule has 1 aliphatic heterocycles. The Labute approximate surface area is 202 Å². The van der Waals surface area contributed by atoms with E-state index in [1.54, 1.807) is 12.1 Å². The number of aromatic nitrogens is 5. The van der Waals surface area contributed by atoms with Crippen LogP contribution < -0.4 is 0 Å². The molecule has 34 heavy (non-hydrogen) atoms.